The Morgan fingerprint density at radius 2 is 1.79 bits per heavy atom. The van der Waals surface area contributed by atoms with Gasteiger partial charge in [-0.05, 0) is 17.7 Å². The Hall–Kier alpha value is -3.59. The molecule has 0 aliphatic carbocycles. The monoisotopic (exact) mass is 449 g/mol. The van der Waals surface area contributed by atoms with Crippen LogP contribution < -0.4 is 20.1 Å². The summed E-state index contributed by atoms with van der Waals surface area (Å²) in [6, 6.07) is 14.8. The van der Waals surface area contributed by atoms with Crippen molar-refractivity contribution in [2.75, 3.05) is 44.7 Å². The molecular weight excluding hydrogens is 422 g/mol. The molecule has 2 aromatic carbocycles. The second kappa shape index (κ2) is 9.50. The molecule has 3 aliphatic rings. The summed E-state index contributed by atoms with van der Waals surface area (Å²) < 4.78 is 11.1. The number of guanidine groups is 1. The molecular formula is C24H27N5O4. The number of aliphatic imine (C=N–C) groups is 1. The summed E-state index contributed by atoms with van der Waals surface area (Å²) in [7, 11) is 0. The second-order valence-electron chi connectivity index (χ2n) is 8.32. The van der Waals surface area contributed by atoms with Gasteiger partial charge in [0, 0.05) is 44.5 Å². The predicted molar refractivity (Wildman–Crippen MR) is 123 cm³/mol. The van der Waals surface area contributed by atoms with Crippen LogP contribution in [0.1, 0.15) is 12.0 Å². The first-order valence-corrected chi connectivity index (χ1v) is 11.2. The van der Waals surface area contributed by atoms with Crippen LogP contribution in [0.4, 0.5) is 5.69 Å². The Bertz CT molecular complexity index is 1050. The van der Waals surface area contributed by atoms with E-state index in [1.807, 2.05) is 23.1 Å². The summed E-state index contributed by atoms with van der Waals surface area (Å²) in [5.41, 5.74) is 1.87. The minimum atomic E-state index is -0.774. The maximum atomic E-state index is 12.9. The van der Waals surface area contributed by atoms with Gasteiger partial charge in [0.05, 0.1) is 6.42 Å². The lowest BCUT2D eigenvalue weighted by atomic mass is 10.1. The second-order valence-corrected chi connectivity index (χ2v) is 8.32. The Balaban J connectivity index is 1.20. The number of ether oxygens (including phenoxy) is 2. The average molecular weight is 450 g/mol. The summed E-state index contributed by atoms with van der Waals surface area (Å²) in [6.45, 7) is 5.07. The van der Waals surface area contributed by atoms with E-state index in [1.54, 1.807) is 18.2 Å². The molecule has 2 amide bonds. The molecule has 33 heavy (non-hydrogen) atoms. The number of anilines is 1. The lowest BCUT2D eigenvalue weighted by Crippen LogP contribution is -2.56. The number of nitrogens with one attached hydrogen (secondary N) is 2. The van der Waals surface area contributed by atoms with Crippen LogP contribution in [-0.4, -0.2) is 73.0 Å². The molecule has 5 rings (SSSR count). The number of carbonyl (C=O) groups excluding carboxylic acids is 2. The summed E-state index contributed by atoms with van der Waals surface area (Å²) in [4.78, 5) is 34.2. The molecule has 0 saturated carbocycles. The van der Waals surface area contributed by atoms with E-state index in [-0.39, 0.29) is 18.2 Å². The van der Waals surface area contributed by atoms with Gasteiger partial charge in [0.2, 0.25) is 17.8 Å². The maximum absolute atomic E-state index is 12.9. The molecule has 0 aromatic heterocycles. The van der Waals surface area contributed by atoms with Crippen molar-refractivity contribution in [1.82, 2.24) is 15.1 Å². The Morgan fingerprint density at radius 3 is 2.58 bits per heavy atom. The summed E-state index contributed by atoms with van der Waals surface area (Å²) in [5, 5.41) is 5.69. The van der Waals surface area contributed by atoms with Crippen molar-refractivity contribution in [3.8, 4) is 11.5 Å². The summed E-state index contributed by atoms with van der Waals surface area (Å²) in [6.07, 6.45) is 0.0217. The Kier molecular flexibility index (Phi) is 6.12. The van der Waals surface area contributed by atoms with Gasteiger partial charge < -0.3 is 19.7 Å². The largest absolute Gasteiger partial charge is 0.486 e. The number of carbonyl (C=O) groups is 2. The van der Waals surface area contributed by atoms with E-state index >= 15 is 0 Å². The number of piperazine rings is 1. The van der Waals surface area contributed by atoms with E-state index in [4.69, 9.17) is 9.47 Å². The first kappa shape index (κ1) is 21.3. The van der Waals surface area contributed by atoms with E-state index in [0.29, 0.717) is 36.4 Å². The molecule has 1 fully saturated rings. The lowest BCUT2D eigenvalue weighted by molar-refractivity contribution is -0.125. The number of hydrogen-bond acceptors (Lipinski definition) is 7. The molecule has 3 heterocycles. The summed E-state index contributed by atoms with van der Waals surface area (Å²) >= 11 is 0. The van der Waals surface area contributed by atoms with Crippen LogP contribution in [0.15, 0.2) is 53.5 Å². The van der Waals surface area contributed by atoms with Gasteiger partial charge in [0.1, 0.15) is 19.3 Å². The molecule has 0 bridgehead atoms. The maximum Gasteiger partial charge on any atom is 0.249 e. The Morgan fingerprint density at radius 1 is 1.03 bits per heavy atom. The minimum Gasteiger partial charge on any atom is -0.486 e. The number of fused-ring (bicyclic) bond motifs is 1. The van der Waals surface area contributed by atoms with Crippen LogP contribution >= 0.6 is 0 Å². The van der Waals surface area contributed by atoms with E-state index in [1.165, 1.54) is 5.56 Å². The molecule has 1 saturated heterocycles. The van der Waals surface area contributed by atoms with Crippen LogP contribution in [0.2, 0.25) is 0 Å². The molecule has 0 spiro atoms. The van der Waals surface area contributed by atoms with Crippen LogP contribution in [0, 0.1) is 0 Å². The van der Waals surface area contributed by atoms with Crippen molar-refractivity contribution in [3.05, 3.63) is 54.1 Å². The minimum absolute atomic E-state index is 0.0217. The van der Waals surface area contributed by atoms with Gasteiger partial charge in [-0.2, -0.15) is 0 Å². The zero-order valence-corrected chi connectivity index (χ0v) is 18.3. The fourth-order valence-electron chi connectivity index (χ4n) is 4.19. The average Bonchev–Trinajstić information content (AvgIpc) is 2.85. The molecule has 2 N–H and O–H groups in total. The predicted octanol–water partition coefficient (Wildman–Crippen LogP) is 1.46. The molecule has 2 aromatic rings. The first-order valence-electron chi connectivity index (χ1n) is 11.2. The van der Waals surface area contributed by atoms with Gasteiger partial charge in [0.15, 0.2) is 11.5 Å². The van der Waals surface area contributed by atoms with Crippen molar-refractivity contribution in [2.45, 2.75) is 19.0 Å². The first-order chi connectivity index (χ1) is 16.1. The van der Waals surface area contributed by atoms with E-state index in [2.05, 4.69) is 32.7 Å². The van der Waals surface area contributed by atoms with E-state index in [9.17, 15) is 9.59 Å². The fraction of sp³-hybridized carbons (Fsp3) is 0.375. The van der Waals surface area contributed by atoms with Crippen molar-refractivity contribution in [2.24, 2.45) is 4.99 Å². The number of rotatable bonds is 4. The highest BCUT2D eigenvalue weighted by Gasteiger charge is 2.31. The van der Waals surface area contributed by atoms with Crippen molar-refractivity contribution in [3.63, 3.8) is 0 Å². The smallest absolute Gasteiger partial charge is 0.249 e. The fourth-order valence-corrected chi connectivity index (χ4v) is 4.19. The van der Waals surface area contributed by atoms with E-state index in [0.717, 1.165) is 32.7 Å². The third-order valence-corrected chi connectivity index (χ3v) is 5.94. The number of amides is 2. The van der Waals surface area contributed by atoms with Gasteiger partial charge >= 0.3 is 0 Å². The highest BCUT2D eigenvalue weighted by Crippen LogP contribution is 2.32. The molecule has 1 atom stereocenters. The molecule has 9 nitrogen and oxygen atoms in total. The van der Waals surface area contributed by atoms with Gasteiger partial charge in [-0.15, -0.1) is 0 Å². The van der Waals surface area contributed by atoms with Gasteiger partial charge in [0.25, 0.3) is 0 Å². The van der Waals surface area contributed by atoms with Gasteiger partial charge in [-0.25, -0.2) is 4.99 Å². The van der Waals surface area contributed by atoms with Crippen molar-refractivity contribution >= 4 is 23.5 Å². The quantitative estimate of drug-likeness (QED) is 0.734. The third kappa shape index (κ3) is 5.09. The summed E-state index contributed by atoms with van der Waals surface area (Å²) in [5.74, 6) is 1.21. The van der Waals surface area contributed by atoms with Crippen LogP contribution in [0.5, 0.6) is 11.5 Å². The molecule has 172 valence electrons. The SMILES string of the molecule is O=C1CC(C(=O)Nc2ccc3c(c2)OCCO3)N=C(N2CCN(Cc3ccccc3)CC2)N1. The van der Waals surface area contributed by atoms with E-state index < -0.39 is 6.04 Å². The van der Waals surface area contributed by atoms with Crippen LogP contribution in [-0.2, 0) is 16.1 Å². The highest BCUT2D eigenvalue weighted by molar-refractivity contribution is 6.06. The lowest BCUT2D eigenvalue weighted by Gasteiger charge is -2.37. The molecule has 9 heteroatoms. The molecule has 0 radical (unpaired) electrons. The van der Waals surface area contributed by atoms with Gasteiger partial charge in [-0.1, -0.05) is 30.3 Å². The topological polar surface area (TPSA) is 95.5 Å². The zero-order chi connectivity index (χ0) is 22.6. The van der Waals surface area contributed by atoms with Crippen molar-refractivity contribution < 1.29 is 19.1 Å². The Labute approximate surface area is 192 Å². The normalized spacial score (nSPS) is 20.6. The third-order valence-electron chi connectivity index (χ3n) is 5.94. The van der Waals surface area contributed by atoms with Crippen molar-refractivity contribution in [1.29, 1.82) is 0 Å². The van der Waals surface area contributed by atoms with Crippen LogP contribution in [0.25, 0.3) is 0 Å². The molecule has 1 unspecified atom stereocenters. The van der Waals surface area contributed by atoms with Gasteiger partial charge in [-0.3, -0.25) is 19.8 Å². The van der Waals surface area contributed by atoms with Crippen LogP contribution in [0.3, 0.4) is 0 Å². The number of nitrogens with zero attached hydrogens (tertiary/aromatic N) is 3. The number of benzene rings is 2. The highest BCUT2D eigenvalue weighted by atomic mass is 16.6. The number of hydrogen-bond donors (Lipinski definition) is 2. The standard InChI is InChI=1S/C24H27N5O4/c30-22-15-19(23(31)25-18-6-7-20-21(14-18)33-13-12-32-20)26-24(27-22)29-10-8-28(9-11-29)16-17-4-2-1-3-5-17/h1-7,14,19H,8-13,15-16H2,(H,25,31)(H,26,27,30). The zero-order valence-electron chi connectivity index (χ0n) is 18.3. The molecule has 3 aliphatic heterocycles.